The van der Waals surface area contributed by atoms with Crippen molar-refractivity contribution in [3.05, 3.63) is 42.6 Å². The molecule has 14 nitrogen and oxygen atoms in total. The number of aromatic nitrogens is 1. The number of carbonyl (C=O) groups is 4. The number of amides is 4. The van der Waals surface area contributed by atoms with E-state index < -0.39 is 98.8 Å². The average molecular weight is 836 g/mol. The van der Waals surface area contributed by atoms with Crippen molar-refractivity contribution in [2.24, 2.45) is 17.8 Å². The molecule has 1 aromatic heterocycles. The highest BCUT2D eigenvalue weighted by Crippen LogP contribution is 2.51. The molecule has 0 spiro atoms. The van der Waals surface area contributed by atoms with E-state index in [4.69, 9.17) is 9.47 Å². The average Bonchev–Trinajstić information content (AvgIpc) is 4.09. The first-order valence-corrected chi connectivity index (χ1v) is 21.1. The van der Waals surface area contributed by atoms with Crippen LogP contribution >= 0.6 is 0 Å². The van der Waals surface area contributed by atoms with Crippen LogP contribution in [0.15, 0.2) is 42.6 Å². The second-order valence-electron chi connectivity index (χ2n) is 16.7. The predicted molar refractivity (Wildman–Crippen MR) is 206 cm³/mol. The third kappa shape index (κ3) is 7.44. The quantitative estimate of drug-likeness (QED) is 0.202. The molecule has 2 aliphatic heterocycles. The lowest BCUT2D eigenvalue weighted by atomic mass is 9.86. The van der Waals surface area contributed by atoms with Crippen molar-refractivity contribution in [2.75, 3.05) is 13.8 Å². The maximum Gasteiger partial charge on any atom is 0.408 e. The van der Waals surface area contributed by atoms with Gasteiger partial charge in [-0.1, -0.05) is 32.9 Å². The number of alkyl halides is 3. The Morgan fingerprint density at radius 1 is 1.17 bits per heavy atom. The van der Waals surface area contributed by atoms with Crippen LogP contribution in [0.5, 0.6) is 11.6 Å². The Morgan fingerprint density at radius 2 is 1.88 bits per heavy atom. The standard InChI is InChI=1S/C40H52F3N5O9S/c1-7-25(4)47(36(52)53)31-24(3)18-23(2)10-8-9-11-27-20-39(27,35(51)46-58(54,55)38(22-41)15-16-38)45-32(49)30-21-37(5,40(42,43)48(30)34(31)50)57-33-29-13-12-28(56-6)19-26(29)14-17-44-33/h9,11-14,17,19,23-25,27,30-31H,7-8,10,15-16,18,20-22H2,1-6H3,(H,45,49)(H,46,51)(H,52,53)/b11-9-/t23-,24+,25?,27+,30-,31-,37+,39+/m0/s1. The van der Waals surface area contributed by atoms with E-state index in [9.17, 15) is 32.3 Å². The number of hydrogen-bond donors (Lipinski definition) is 3. The van der Waals surface area contributed by atoms with Gasteiger partial charge in [0.05, 0.1) is 7.11 Å². The summed E-state index contributed by atoms with van der Waals surface area (Å²) in [6.07, 6.45) is 3.82. The minimum Gasteiger partial charge on any atom is -0.497 e. The van der Waals surface area contributed by atoms with Crippen molar-refractivity contribution in [2.45, 2.75) is 126 Å². The second kappa shape index (κ2) is 15.5. The van der Waals surface area contributed by atoms with Crippen LogP contribution in [0, 0.1) is 17.8 Å². The highest BCUT2D eigenvalue weighted by Gasteiger charge is 2.71. The lowest BCUT2D eigenvalue weighted by Crippen LogP contribution is -2.64. The molecule has 2 aliphatic carbocycles. The minimum absolute atomic E-state index is 0.0114. The molecule has 1 aromatic carbocycles. The number of carboxylic acid groups (broad SMARTS) is 1. The molecule has 0 bridgehead atoms. The fourth-order valence-corrected chi connectivity index (χ4v) is 9.91. The molecule has 4 aliphatic rings. The van der Waals surface area contributed by atoms with Crippen molar-refractivity contribution < 1.29 is 55.3 Å². The van der Waals surface area contributed by atoms with E-state index in [0.29, 0.717) is 29.4 Å². The van der Waals surface area contributed by atoms with Gasteiger partial charge in [-0.3, -0.25) is 28.9 Å². The van der Waals surface area contributed by atoms with Gasteiger partial charge in [0.15, 0.2) is 5.60 Å². The number of sulfonamides is 1. The van der Waals surface area contributed by atoms with Crippen LogP contribution in [0.3, 0.4) is 0 Å². The fourth-order valence-electron chi connectivity index (χ4n) is 8.49. The van der Waals surface area contributed by atoms with Crippen molar-refractivity contribution >= 4 is 44.6 Å². The first kappa shape index (κ1) is 43.0. The number of benzene rings is 1. The molecule has 3 N–H and O–H groups in total. The summed E-state index contributed by atoms with van der Waals surface area (Å²) in [7, 11) is -3.08. The molecule has 1 unspecified atom stereocenters. The Labute approximate surface area is 335 Å². The van der Waals surface area contributed by atoms with Gasteiger partial charge in [0.25, 0.3) is 11.8 Å². The van der Waals surface area contributed by atoms with E-state index in [-0.39, 0.29) is 48.8 Å². The Morgan fingerprint density at radius 3 is 2.50 bits per heavy atom. The molecule has 8 atom stereocenters. The Kier molecular flexibility index (Phi) is 11.5. The van der Waals surface area contributed by atoms with Gasteiger partial charge in [0, 0.05) is 30.0 Å². The zero-order chi connectivity index (χ0) is 42.6. The number of rotatable bonds is 10. The largest absolute Gasteiger partial charge is 0.497 e. The number of nitrogens with one attached hydrogen (secondary N) is 2. The Bertz CT molecular complexity index is 2100. The summed E-state index contributed by atoms with van der Waals surface area (Å²) in [5.74, 6) is -5.17. The van der Waals surface area contributed by atoms with Gasteiger partial charge in [-0.2, -0.15) is 8.78 Å². The van der Waals surface area contributed by atoms with E-state index in [1.165, 1.54) is 13.3 Å². The van der Waals surface area contributed by atoms with Gasteiger partial charge in [-0.25, -0.2) is 22.6 Å². The third-order valence-corrected chi connectivity index (χ3v) is 14.7. The lowest BCUT2D eigenvalue weighted by molar-refractivity contribution is -0.219. The first-order chi connectivity index (χ1) is 27.2. The number of carbonyl (C=O) groups excluding carboxylic acids is 3. The van der Waals surface area contributed by atoms with Crippen LogP contribution in [0.2, 0.25) is 0 Å². The van der Waals surface area contributed by atoms with Gasteiger partial charge >= 0.3 is 12.1 Å². The summed E-state index contributed by atoms with van der Waals surface area (Å²) in [5, 5.41) is 13.9. The number of hydrogen-bond acceptors (Lipinski definition) is 9. The summed E-state index contributed by atoms with van der Waals surface area (Å²) < 4.78 is 87.0. The number of methoxy groups -OCH3 is 1. The monoisotopic (exact) mass is 835 g/mol. The maximum absolute atomic E-state index is 17.6. The number of allylic oxidation sites excluding steroid dienone is 1. The molecule has 58 heavy (non-hydrogen) atoms. The van der Waals surface area contributed by atoms with Gasteiger partial charge in [0.2, 0.25) is 21.8 Å². The third-order valence-electron chi connectivity index (χ3n) is 12.6. The van der Waals surface area contributed by atoms with Crippen LogP contribution in [-0.2, 0) is 24.4 Å². The number of fused-ring (bicyclic) bond motifs is 3. The topological polar surface area (TPSA) is 185 Å². The molecule has 18 heteroatoms. The van der Waals surface area contributed by atoms with Crippen LogP contribution in [-0.4, -0.2) is 106 Å². The maximum atomic E-state index is 17.6. The van der Waals surface area contributed by atoms with Crippen molar-refractivity contribution in [3.63, 3.8) is 0 Å². The summed E-state index contributed by atoms with van der Waals surface area (Å²) in [6, 6.07) is -2.42. The number of pyridine rings is 1. The molecule has 6 rings (SSSR count). The molecule has 4 amide bonds. The Hall–Kier alpha value is -4.61. The summed E-state index contributed by atoms with van der Waals surface area (Å²) in [4.78, 5) is 61.7. The summed E-state index contributed by atoms with van der Waals surface area (Å²) in [6.45, 7) is 6.58. The van der Waals surface area contributed by atoms with Crippen LogP contribution in [0.4, 0.5) is 18.0 Å². The molecule has 1 saturated heterocycles. The molecule has 3 heterocycles. The lowest BCUT2D eigenvalue weighted by Gasteiger charge is -2.42. The van der Waals surface area contributed by atoms with E-state index in [0.717, 1.165) is 11.8 Å². The summed E-state index contributed by atoms with van der Waals surface area (Å²) >= 11 is 0. The van der Waals surface area contributed by atoms with Crippen molar-refractivity contribution in [1.29, 1.82) is 0 Å². The molecule has 3 fully saturated rings. The van der Waals surface area contributed by atoms with Gasteiger partial charge < -0.3 is 19.9 Å². The predicted octanol–water partition coefficient (Wildman–Crippen LogP) is 5.56. The highest BCUT2D eigenvalue weighted by atomic mass is 32.2. The molecule has 318 valence electrons. The van der Waals surface area contributed by atoms with Gasteiger partial charge in [0.1, 0.15) is 34.8 Å². The second-order valence-corrected chi connectivity index (χ2v) is 18.8. The zero-order valence-electron chi connectivity index (χ0n) is 33.5. The zero-order valence-corrected chi connectivity index (χ0v) is 34.3. The fraction of sp³-hybridized carbons (Fsp3) is 0.625. The first-order valence-electron chi connectivity index (χ1n) is 19.7. The van der Waals surface area contributed by atoms with E-state index in [2.05, 4.69) is 10.3 Å². The molecule has 0 radical (unpaired) electrons. The smallest absolute Gasteiger partial charge is 0.408 e. The van der Waals surface area contributed by atoms with E-state index >= 15 is 13.6 Å². The van der Waals surface area contributed by atoms with Crippen LogP contribution in [0.1, 0.15) is 86.0 Å². The van der Waals surface area contributed by atoms with Crippen LogP contribution < -0.4 is 19.5 Å². The van der Waals surface area contributed by atoms with Crippen molar-refractivity contribution in [3.8, 4) is 11.6 Å². The van der Waals surface area contributed by atoms with Crippen LogP contribution in [0.25, 0.3) is 10.8 Å². The number of halogens is 3. The van der Waals surface area contributed by atoms with Crippen molar-refractivity contribution in [1.82, 2.24) is 24.8 Å². The Balaban J connectivity index is 1.47. The molecule has 2 aromatic rings. The van der Waals surface area contributed by atoms with Gasteiger partial charge in [-0.15, -0.1) is 0 Å². The molecular formula is C40H52F3N5O9S. The van der Waals surface area contributed by atoms with E-state index in [1.807, 2.05) is 11.6 Å². The molecular weight excluding hydrogens is 784 g/mol. The normalized spacial score (nSPS) is 31.7. The number of ether oxygens (including phenoxy) is 2. The van der Waals surface area contributed by atoms with Gasteiger partial charge in [-0.05, 0) is 100 Å². The molecule has 2 saturated carbocycles. The SMILES string of the molecule is CCC(C)N(C(=O)O)[C@@H]1C(=O)N2[C@@H](C[C@@](C)(Oc3nccc4cc(OC)ccc34)C2(F)F)C(=O)N[C@]2(C(=O)NS(=O)(=O)C3(CF)CC3)C[C@H]2/C=C\CC[C@H](C)C[C@H]1C. The minimum atomic E-state index is -4.54. The number of nitrogens with zero attached hydrogens (tertiary/aromatic N) is 3. The highest BCUT2D eigenvalue weighted by molar-refractivity contribution is 7.91. The summed E-state index contributed by atoms with van der Waals surface area (Å²) in [5.41, 5.74) is -4.61. The van der Waals surface area contributed by atoms with E-state index in [1.54, 1.807) is 57.2 Å².